The topological polar surface area (TPSA) is 91.3 Å². The second kappa shape index (κ2) is 6.56. The molecule has 0 aliphatic rings. The van der Waals surface area contributed by atoms with Crippen LogP contribution in [0.2, 0.25) is 0 Å². The molecular weight excluding hydrogens is 270 g/mol. The summed E-state index contributed by atoms with van der Waals surface area (Å²) in [6, 6.07) is 2.51. The van der Waals surface area contributed by atoms with Gasteiger partial charge in [0.15, 0.2) is 0 Å². The first-order valence-electron chi connectivity index (χ1n) is 6.95. The Hall–Kier alpha value is -2.11. The van der Waals surface area contributed by atoms with E-state index in [1.165, 1.54) is 6.07 Å². The van der Waals surface area contributed by atoms with Gasteiger partial charge >= 0.3 is 5.97 Å². The number of carbonyl (C=O) groups excluding carboxylic acids is 1. The summed E-state index contributed by atoms with van der Waals surface area (Å²) >= 11 is 0. The van der Waals surface area contributed by atoms with E-state index >= 15 is 0 Å². The van der Waals surface area contributed by atoms with E-state index in [0.717, 1.165) is 0 Å². The summed E-state index contributed by atoms with van der Waals surface area (Å²) in [4.78, 5) is 27.4. The van der Waals surface area contributed by atoms with Gasteiger partial charge in [-0.1, -0.05) is 20.8 Å². The van der Waals surface area contributed by atoms with Gasteiger partial charge in [0.25, 0.3) is 0 Å². The zero-order chi connectivity index (χ0) is 16.2. The monoisotopic (exact) mass is 293 g/mol. The highest BCUT2D eigenvalue weighted by Gasteiger charge is 2.20. The number of aromatic nitrogens is 1. The third-order valence-corrected chi connectivity index (χ3v) is 2.95. The number of anilines is 1. The number of hydrogen-bond acceptors (Lipinski definition) is 4. The number of carboxylic acids is 1. The number of amides is 1. The molecule has 6 nitrogen and oxygen atoms in total. The average Bonchev–Trinajstić information content (AvgIpc) is 2.37. The van der Waals surface area contributed by atoms with Crippen LogP contribution in [-0.4, -0.2) is 34.6 Å². The van der Waals surface area contributed by atoms with Gasteiger partial charge < -0.3 is 15.7 Å². The molecule has 0 radical (unpaired) electrons. The summed E-state index contributed by atoms with van der Waals surface area (Å²) in [7, 11) is 0. The molecule has 0 aromatic carbocycles. The van der Waals surface area contributed by atoms with Gasteiger partial charge in [0, 0.05) is 17.7 Å². The SMILES string of the molecule is CCNC(=O)C(C)Nc1cc(C(=O)O)cc(C(C)(C)C)n1. The van der Waals surface area contributed by atoms with Crippen molar-refractivity contribution in [2.75, 3.05) is 11.9 Å². The molecule has 1 amide bonds. The minimum absolute atomic E-state index is 0.153. The fraction of sp³-hybridized carbons (Fsp3) is 0.533. The largest absolute Gasteiger partial charge is 0.478 e. The lowest BCUT2D eigenvalue weighted by Gasteiger charge is -2.21. The molecule has 1 heterocycles. The summed E-state index contributed by atoms with van der Waals surface area (Å²) in [5.41, 5.74) is 0.533. The van der Waals surface area contributed by atoms with Gasteiger partial charge in [-0.2, -0.15) is 0 Å². The maximum absolute atomic E-state index is 11.7. The minimum Gasteiger partial charge on any atom is -0.478 e. The average molecular weight is 293 g/mol. The number of likely N-dealkylation sites (N-methyl/N-ethyl adjacent to an activating group) is 1. The molecule has 1 aromatic heterocycles. The van der Waals surface area contributed by atoms with Crippen molar-refractivity contribution in [2.24, 2.45) is 0 Å². The smallest absolute Gasteiger partial charge is 0.335 e. The van der Waals surface area contributed by atoms with E-state index in [9.17, 15) is 14.7 Å². The van der Waals surface area contributed by atoms with E-state index < -0.39 is 12.0 Å². The molecule has 6 heteroatoms. The van der Waals surface area contributed by atoms with E-state index in [1.54, 1.807) is 13.0 Å². The normalized spacial score (nSPS) is 12.6. The van der Waals surface area contributed by atoms with Gasteiger partial charge in [0.05, 0.1) is 5.56 Å². The molecule has 3 N–H and O–H groups in total. The van der Waals surface area contributed by atoms with Crippen molar-refractivity contribution in [3.8, 4) is 0 Å². The number of hydrogen-bond donors (Lipinski definition) is 3. The van der Waals surface area contributed by atoms with Crippen molar-refractivity contribution >= 4 is 17.7 Å². The van der Waals surface area contributed by atoms with Crippen LogP contribution in [0, 0.1) is 0 Å². The number of nitrogens with zero attached hydrogens (tertiary/aromatic N) is 1. The highest BCUT2D eigenvalue weighted by molar-refractivity contribution is 5.89. The van der Waals surface area contributed by atoms with Crippen LogP contribution in [0.3, 0.4) is 0 Å². The third-order valence-electron chi connectivity index (χ3n) is 2.95. The second-order valence-electron chi connectivity index (χ2n) is 5.94. The second-order valence-corrected chi connectivity index (χ2v) is 5.94. The standard InChI is InChI=1S/C15H23N3O3/c1-6-16-13(19)9(2)17-12-8-10(14(20)21)7-11(18-12)15(3,4)5/h7-9H,6H2,1-5H3,(H,16,19)(H,17,18)(H,20,21). The fourth-order valence-corrected chi connectivity index (χ4v) is 1.73. The van der Waals surface area contributed by atoms with Crippen LogP contribution in [0.5, 0.6) is 0 Å². The van der Waals surface area contributed by atoms with Crippen LogP contribution >= 0.6 is 0 Å². The minimum atomic E-state index is -1.02. The fourth-order valence-electron chi connectivity index (χ4n) is 1.73. The van der Waals surface area contributed by atoms with Crippen molar-refractivity contribution < 1.29 is 14.7 Å². The van der Waals surface area contributed by atoms with Gasteiger partial charge in [0.2, 0.25) is 5.91 Å². The van der Waals surface area contributed by atoms with E-state index in [1.807, 2.05) is 27.7 Å². The summed E-state index contributed by atoms with van der Waals surface area (Å²) < 4.78 is 0. The van der Waals surface area contributed by atoms with E-state index in [-0.39, 0.29) is 16.9 Å². The lowest BCUT2D eigenvalue weighted by atomic mass is 9.90. The molecule has 0 aliphatic heterocycles. The van der Waals surface area contributed by atoms with Crippen LogP contribution in [-0.2, 0) is 10.2 Å². The van der Waals surface area contributed by atoms with Crippen LogP contribution in [0.4, 0.5) is 5.82 Å². The number of aromatic carboxylic acids is 1. The Labute approximate surface area is 125 Å². The third kappa shape index (κ3) is 4.73. The first kappa shape index (κ1) is 16.9. The Kier molecular flexibility index (Phi) is 5.29. The lowest BCUT2D eigenvalue weighted by Crippen LogP contribution is -2.37. The Morgan fingerprint density at radius 1 is 1.33 bits per heavy atom. The van der Waals surface area contributed by atoms with Crippen molar-refractivity contribution in [1.82, 2.24) is 10.3 Å². The predicted molar refractivity (Wildman–Crippen MR) is 81.7 cm³/mol. The highest BCUT2D eigenvalue weighted by atomic mass is 16.4. The Bertz CT molecular complexity index is 535. The molecule has 1 atom stereocenters. The maximum atomic E-state index is 11.7. The number of carboxylic acid groups (broad SMARTS) is 1. The molecule has 116 valence electrons. The predicted octanol–water partition coefficient (Wildman–Crippen LogP) is 2.01. The molecule has 1 rings (SSSR count). The van der Waals surface area contributed by atoms with Gasteiger partial charge in [0.1, 0.15) is 11.9 Å². The van der Waals surface area contributed by atoms with E-state index in [0.29, 0.717) is 18.1 Å². The van der Waals surface area contributed by atoms with E-state index in [2.05, 4.69) is 15.6 Å². The molecule has 0 spiro atoms. The Morgan fingerprint density at radius 3 is 2.43 bits per heavy atom. The number of rotatable bonds is 5. The molecule has 1 unspecified atom stereocenters. The van der Waals surface area contributed by atoms with Gasteiger partial charge in [-0.25, -0.2) is 9.78 Å². The number of pyridine rings is 1. The molecule has 0 saturated carbocycles. The van der Waals surface area contributed by atoms with Crippen LogP contribution in [0.15, 0.2) is 12.1 Å². The van der Waals surface area contributed by atoms with Gasteiger partial charge in [-0.05, 0) is 26.0 Å². The quantitative estimate of drug-likeness (QED) is 0.772. The maximum Gasteiger partial charge on any atom is 0.335 e. The Balaban J connectivity index is 3.09. The van der Waals surface area contributed by atoms with Crippen molar-refractivity contribution in [1.29, 1.82) is 0 Å². The van der Waals surface area contributed by atoms with Crippen molar-refractivity contribution in [3.05, 3.63) is 23.4 Å². The summed E-state index contributed by atoms with van der Waals surface area (Å²) in [5, 5.41) is 14.8. The highest BCUT2D eigenvalue weighted by Crippen LogP contribution is 2.23. The Morgan fingerprint density at radius 2 is 1.95 bits per heavy atom. The van der Waals surface area contributed by atoms with Gasteiger partial charge in [-0.15, -0.1) is 0 Å². The number of carbonyl (C=O) groups is 2. The van der Waals surface area contributed by atoms with Crippen LogP contribution in [0.25, 0.3) is 0 Å². The van der Waals surface area contributed by atoms with Crippen molar-refractivity contribution in [3.63, 3.8) is 0 Å². The zero-order valence-corrected chi connectivity index (χ0v) is 13.2. The van der Waals surface area contributed by atoms with Crippen LogP contribution < -0.4 is 10.6 Å². The molecular formula is C15H23N3O3. The van der Waals surface area contributed by atoms with Crippen molar-refractivity contribution in [2.45, 2.75) is 46.1 Å². The zero-order valence-electron chi connectivity index (χ0n) is 13.2. The molecule has 21 heavy (non-hydrogen) atoms. The summed E-state index contributed by atoms with van der Waals surface area (Å²) in [5.74, 6) is -0.785. The molecule has 0 aliphatic carbocycles. The first-order chi connectivity index (χ1) is 9.65. The number of nitrogens with one attached hydrogen (secondary N) is 2. The van der Waals surface area contributed by atoms with Gasteiger partial charge in [-0.3, -0.25) is 4.79 Å². The molecule has 1 aromatic rings. The molecule has 0 bridgehead atoms. The lowest BCUT2D eigenvalue weighted by molar-refractivity contribution is -0.121. The summed E-state index contributed by atoms with van der Waals surface area (Å²) in [6.07, 6.45) is 0. The molecule has 0 fully saturated rings. The molecule has 0 saturated heterocycles. The first-order valence-corrected chi connectivity index (χ1v) is 6.95. The summed E-state index contributed by atoms with van der Waals surface area (Å²) in [6.45, 7) is 9.96. The van der Waals surface area contributed by atoms with E-state index in [4.69, 9.17) is 0 Å². The van der Waals surface area contributed by atoms with Crippen LogP contribution in [0.1, 0.15) is 50.7 Å².